The molecule has 0 saturated heterocycles. The summed E-state index contributed by atoms with van der Waals surface area (Å²) in [6.07, 6.45) is -3.17. The van der Waals surface area contributed by atoms with Crippen LogP contribution in [0.25, 0.3) is 22.0 Å². The number of ether oxygens (including phenoxy) is 1. The maximum absolute atomic E-state index is 13.9. The van der Waals surface area contributed by atoms with E-state index in [2.05, 4.69) is 15.0 Å². The molecular weight excluding hydrogens is 666 g/mol. The van der Waals surface area contributed by atoms with Crippen LogP contribution in [0.1, 0.15) is 11.1 Å². The van der Waals surface area contributed by atoms with Crippen LogP contribution in [0, 0.1) is 24.8 Å². The van der Waals surface area contributed by atoms with Crippen molar-refractivity contribution in [3.8, 4) is 22.8 Å². The van der Waals surface area contributed by atoms with Crippen molar-refractivity contribution in [3.63, 3.8) is 0 Å². The number of hydrogen-bond donors (Lipinski definition) is 2. The van der Waals surface area contributed by atoms with Gasteiger partial charge < -0.3 is 16.2 Å². The molecule has 0 bridgehead atoms. The minimum Gasteiger partial charge on any atom is -0.437 e. The van der Waals surface area contributed by atoms with Crippen LogP contribution in [-0.4, -0.2) is 15.0 Å². The van der Waals surface area contributed by atoms with E-state index in [1.54, 1.807) is 37.3 Å². The third kappa shape index (κ3) is 6.62. The molecule has 2 aromatic carbocycles. The fourth-order valence-corrected chi connectivity index (χ4v) is 4.52. The maximum atomic E-state index is 13.9. The van der Waals surface area contributed by atoms with Gasteiger partial charge in [-0.05, 0) is 41.8 Å². The van der Waals surface area contributed by atoms with Crippen molar-refractivity contribution in [2.24, 2.45) is 0 Å². The van der Waals surface area contributed by atoms with Gasteiger partial charge in [-0.15, -0.1) is 0 Å². The Hall–Kier alpha value is -3.71. The van der Waals surface area contributed by atoms with Crippen LogP contribution in [0.4, 0.5) is 37.7 Å². The number of halogens is 10. The van der Waals surface area contributed by atoms with Gasteiger partial charge in [-0.25, -0.2) is 0 Å². The van der Waals surface area contributed by atoms with E-state index in [4.69, 9.17) is 62.6 Å². The van der Waals surface area contributed by atoms with Crippen LogP contribution >= 0.6 is 46.4 Å². The van der Waals surface area contributed by atoms with Gasteiger partial charge in [0, 0.05) is 11.6 Å². The van der Waals surface area contributed by atoms with E-state index in [0.717, 1.165) is 6.07 Å². The third-order valence-electron chi connectivity index (χ3n) is 5.80. The number of pyridine rings is 3. The summed E-state index contributed by atoms with van der Waals surface area (Å²) < 4.78 is 84.6. The standard InChI is InChI=1S/C22H13Cl2F4N3O.C5H2Cl2F2N2/c1-10-9-30-19-13(6-3-7-14(19)22(26,27)28)15(10)11-4-2-5-12(8-11)32-21-17(24)18(29)16(23)20(25)31-21;6-1-3(10)2(7)5(9)11-4(1)8/h2-9H,1H3,(H2,29,31);(H2,10,11). The minimum absolute atomic E-state index is 0.163. The van der Waals surface area contributed by atoms with Crippen LogP contribution in [-0.2, 0) is 6.18 Å². The van der Waals surface area contributed by atoms with E-state index in [1.807, 2.05) is 0 Å². The van der Waals surface area contributed by atoms with Crippen LogP contribution in [0.15, 0.2) is 48.7 Å². The summed E-state index contributed by atoms with van der Waals surface area (Å²) in [5.74, 6) is -3.44. The molecule has 0 unspecified atom stereocenters. The number of benzene rings is 2. The van der Waals surface area contributed by atoms with Crippen LogP contribution < -0.4 is 16.2 Å². The van der Waals surface area contributed by atoms with Crippen molar-refractivity contribution in [2.45, 2.75) is 13.1 Å². The van der Waals surface area contributed by atoms with E-state index in [9.17, 15) is 26.3 Å². The predicted octanol–water partition coefficient (Wildman–Crippen LogP) is 9.69. The van der Waals surface area contributed by atoms with Crippen LogP contribution in [0.5, 0.6) is 11.6 Å². The number of rotatable bonds is 3. The molecule has 5 aromatic rings. The quantitative estimate of drug-likeness (QED) is 0.145. The Kier molecular flexibility index (Phi) is 9.36. The zero-order valence-corrected chi connectivity index (χ0v) is 24.3. The van der Waals surface area contributed by atoms with E-state index < -0.39 is 44.7 Å². The predicted molar refractivity (Wildman–Crippen MR) is 154 cm³/mol. The smallest absolute Gasteiger partial charge is 0.418 e. The average molecular weight is 681 g/mol. The first-order valence-corrected chi connectivity index (χ1v) is 13.1. The lowest BCUT2D eigenvalue weighted by molar-refractivity contribution is -0.136. The van der Waals surface area contributed by atoms with Gasteiger partial charge in [0.1, 0.15) is 25.8 Å². The number of alkyl halides is 3. The Balaban J connectivity index is 0.000000324. The Morgan fingerprint density at radius 1 is 0.767 bits per heavy atom. The van der Waals surface area contributed by atoms with Crippen molar-refractivity contribution in [1.82, 2.24) is 15.0 Å². The highest BCUT2D eigenvalue weighted by atomic mass is 35.5. The Bertz CT molecular complexity index is 1850. The number of aromatic nitrogens is 3. The number of aryl methyl sites for hydroxylation is 1. The molecule has 3 heterocycles. The second-order valence-corrected chi connectivity index (χ2v) is 10.1. The van der Waals surface area contributed by atoms with E-state index in [1.165, 1.54) is 12.3 Å². The molecule has 0 spiro atoms. The summed E-state index contributed by atoms with van der Waals surface area (Å²) >= 11 is 22.2. The molecule has 6 nitrogen and oxygen atoms in total. The molecule has 5 rings (SSSR count). The topological polar surface area (TPSA) is 99.9 Å². The molecular formula is C27H15Cl4F6N5O. The first-order chi connectivity index (χ1) is 20.1. The normalized spacial score (nSPS) is 11.3. The van der Waals surface area contributed by atoms with E-state index in [-0.39, 0.29) is 33.5 Å². The Morgan fingerprint density at radius 2 is 1.33 bits per heavy atom. The summed E-state index contributed by atoms with van der Waals surface area (Å²) in [7, 11) is 0. The highest BCUT2D eigenvalue weighted by Gasteiger charge is 2.33. The maximum Gasteiger partial charge on any atom is 0.418 e. The van der Waals surface area contributed by atoms with Gasteiger partial charge in [-0.3, -0.25) is 4.98 Å². The van der Waals surface area contributed by atoms with Gasteiger partial charge in [0.05, 0.1) is 22.5 Å². The molecule has 0 aliphatic rings. The van der Waals surface area contributed by atoms with Gasteiger partial charge in [0.25, 0.3) is 0 Å². The van der Waals surface area contributed by atoms with Crippen molar-refractivity contribution in [3.05, 3.63) is 97.7 Å². The first kappa shape index (κ1) is 32.2. The molecule has 0 fully saturated rings. The molecule has 0 aliphatic carbocycles. The van der Waals surface area contributed by atoms with Gasteiger partial charge in [-0.2, -0.15) is 36.3 Å². The number of hydrogen-bond acceptors (Lipinski definition) is 6. The molecule has 3 aromatic heterocycles. The van der Waals surface area contributed by atoms with Gasteiger partial charge >= 0.3 is 6.18 Å². The number of nitrogens with two attached hydrogens (primary N) is 2. The highest BCUT2D eigenvalue weighted by molar-refractivity contribution is 6.39. The first-order valence-electron chi connectivity index (χ1n) is 11.6. The average Bonchev–Trinajstić information content (AvgIpc) is 2.96. The zero-order chi connectivity index (χ0) is 31.8. The lowest BCUT2D eigenvalue weighted by Gasteiger charge is -2.15. The summed E-state index contributed by atoms with van der Waals surface area (Å²) in [5.41, 5.74) is 11.0. The molecule has 43 heavy (non-hydrogen) atoms. The molecule has 224 valence electrons. The fourth-order valence-electron chi connectivity index (χ4n) is 3.84. The molecule has 0 saturated carbocycles. The molecule has 0 amide bonds. The SMILES string of the molecule is Cc1cnc2c(C(F)(F)F)cccc2c1-c1cccc(Oc2nc(F)c(Cl)c(N)c2Cl)c1.Nc1c(Cl)c(F)nc(F)c1Cl. The van der Waals surface area contributed by atoms with E-state index in [0.29, 0.717) is 22.1 Å². The highest BCUT2D eigenvalue weighted by Crippen LogP contribution is 2.41. The minimum atomic E-state index is -4.55. The Labute approximate surface area is 259 Å². The molecule has 0 aliphatic heterocycles. The van der Waals surface area contributed by atoms with Gasteiger partial charge in [0.15, 0.2) is 0 Å². The third-order valence-corrected chi connectivity index (χ3v) is 7.25. The van der Waals surface area contributed by atoms with Crippen molar-refractivity contribution < 1.29 is 31.1 Å². The van der Waals surface area contributed by atoms with Crippen LogP contribution in [0.2, 0.25) is 20.1 Å². The van der Waals surface area contributed by atoms with Gasteiger partial charge in [0.2, 0.25) is 23.7 Å². The number of fused-ring (bicyclic) bond motifs is 1. The summed E-state index contributed by atoms with van der Waals surface area (Å²) in [6.45, 7) is 1.74. The lowest BCUT2D eigenvalue weighted by atomic mass is 9.95. The molecule has 4 N–H and O–H groups in total. The van der Waals surface area contributed by atoms with Crippen LogP contribution in [0.3, 0.4) is 0 Å². The summed E-state index contributed by atoms with van der Waals surface area (Å²) in [4.78, 5) is 10.3. The molecule has 0 radical (unpaired) electrons. The van der Waals surface area contributed by atoms with Crippen molar-refractivity contribution >= 4 is 68.7 Å². The van der Waals surface area contributed by atoms with E-state index >= 15 is 0 Å². The van der Waals surface area contributed by atoms with Crippen molar-refractivity contribution in [2.75, 3.05) is 11.5 Å². The second kappa shape index (κ2) is 12.5. The summed E-state index contributed by atoms with van der Waals surface area (Å²) in [6, 6.07) is 10.4. The lowest BCUT2D eigenvalue weighted by Crippen LogP contribution is -2.07. The van der Waals surface area contributed by atoms with Crippen molar-refractivity contribution in [1.29, 1.82) is 0 Å². The largest absolute Gasteiger partial charge is 0.437 e. The second-order valence-electron chi connectivity index (χ2n) is 8.63. The monoisotopic (exact) mass is 679 g/mol. The fraction of sp³-hybridized carbons (Fsp3) is 0.0741. The number of nitrogens with zero attached hydrogens (tertiary/aromatic N) is 3. The number of anilines is 2. The molecule has 0 atom stereocenters. The molecule has 16 heteroatoms. The zero-order valence-electron chi connectivity index (χ0n) is 21.3. The summed E-state index contributed by atoms with van der Waals surface area (Å²) in [5, 5.41) is -1.18. The number of nitrogen functional groups attached to an aromatic ring is 2. The Morgan fingerprint density at radius 3 is 1.93 bits per heavy atom. The van der Waals surface area contributed by atoms with Gasteiger partial charge in [-0.1, -0.05) is 70.7 Å². The number of para-hydroxylation sites is 1.